The van der Waals surface area contributed by atoms with Crippen molar-refractivity contribution in [2.24, 2.45) is 5.73 Å². The molecule has 4 aromatic rings. The van der Waals surface area contributed by atoms with Gasteiger partial charge in [0.05, 0.1) is 36.9 Å². The van der Waals surface area contributed by atoms with E-state index < -0.39 is 6.10 Å². The van der Waals surface area contributed by atoms with Gasteiger partial charge >= 0.3 is 5.97 Å². The number of para-hydroxylation sites is 1. The number of halogens is 1. The molecule has 2 N–H and O–H groups in total. The molecule has 0 saturated carbocycles. The first kappa shape index (κ1) is 22.9. The molecule has 1 unspecified atom stereocenters. The molecule has 1 aromatic heterocycles. The molecular weight excluding hydrogens is 447 g/mol. The Kier molecular flexibility index (Phi) is 6.17. The predicted octanol–water partition coefficient (Wildman–Crippen LogP) is 5.37. The fraction of sp³-hybridized carbons (Fsp3) is 0.250. The van der Waals surface area contributed by atoms with Gasteiger partial charge in [-0.05, 0) is 42.3 Å². The lowest BCUT2D eigenvalue weighted by Gasteiger charge is -2.35. The number of rotatable bonds is 6. The quantitative estimate of drug-likeness (QED) is 0.379. The fourth-order valence-electron chi connectivity index (χ4n) is 4.65. The number of nitrogens with two attached hydrogens (primary N) is 1. The van der Waals surface area contributed by atoms with Crippen LogP contribution in [0.1, 0.15) is 29.7 Å². The van der Waals surface area contributed by atoms with E-state index >= 15 is 4.39 Å². The zero-order chi connectivity index (χ0) is 24.5. The molecule has 0 fully saturated rings. The second kappa shape index (κ2) is 9.43. The summed E-state index contributed by atoms with van der Waals surface area (Å²) in [6.45, 7) is 2.92. The van der Waals surface area contributed by atoms with E-state index in [-0.39, 0.29) is 18.2 Å². The molecule has 0 aliphatic carbocycles. The van der Waals surface area contributed by atoms with Crippen molar-refractivity contribution in [1.82, 2.24) is 0 Å². The molecule has 1 aliphatic heterocycles. The molecule has 0 radical (unpaired) electrons. The second-order valence-electron chi connectivity index (χ2n) is 8.63. The summed E-state index contributed by atoms with van der Waals surface area (Å²) in [5.74, 6) is -0.141. The molecule has 6 nitrogen and oxygen atoms in total. The lowest BCUT2D eigenvalue weighted by Crippen LogP contribution is -2.33. The highest BCUT2D eigenvalue weighted by Crippen LogP contribution is 2.43. The number of fused-ring (bicyclic) bond motifs is 2. The Hall–Kier alpha value is -3.84. The van der Waals surface area contributed by atoms with Crippen molar-refractivity contribution in [1.29, 1.82) is 0 Å². The van der Waals surface area contributed by atoms with Crippen LogP contribution in [-0.2, 0) is 22.5 Å². The normalized spacial score (nSPS) is 15.1. The Morgan fingerprint density at radius 2 is 2.03 bits per heavy atom. The molecule has 35 heavy (non-hydrogen) atoms. The third-order valence-electron chi connectivity index (χ3n) is 6.35. The standard InChI is InChI=1S/C28H27FN2O4/c1-3-33-25(32)13-19-8-5-9-23-27(19)35-24(16-31(23)2)22-14-21(18-7-4-6-17(12-18)15-30)28-20(26(22)29)10-11-34-28/h4-12,14,24H,3,13,15-16,30H2,1-2H3. The average Bonchev–Trinajstić information content (AvgIpc) is 3.35. The number of ether oxygens (including phenoxy) is 2. The van der Waals surface area contributed by atoms with Gasteiger partial charge in [-0.15, -0.1) is 0 Å². The Balaban J connectivity index is 1.59. The van der Waals surface area contributed by atoms with E-state index in [1.165, 1.54) is 6.26 Å². The van der Waals surface area contributed by atoms with Crippen LogP contribution in [0.25, 0.3) is 22.1 Å². The lowest BCUT2D eigenvalue weighted by molar-refractivity contribution is -0.142. The molecule has 3 aromatic carbocycles. The highest BCUT2D eigenvalue weighted by Gasteiger charge is 2.31. The summed E-state index contributed by atoms with van der Waals surface area (Å²) in [4.78, 5) is 14.2. The first-order valence-electron chi connectivity index (χ1n) is 11.6. The molecule has 180 valence electrons. The molecule has 7 heteroatoms. The van der Waals surface area contributed by atoms with Gasteiger partial charge in [0.25, 0.3) is 0 Å². The van der Waals surface area contributed by atoms with Crippen molar-refractivity contribution >= 4 is 22.6 Å². The van der Waals surface area contributed by atoms with Crippen molar-refractivity contribution in [2.75, 3.05) is 25.1 Å². The minimum Gasteiger partial charge on any atom is -0.481 e. The molecule has 0 saturated heterocycles. The van der Waals surface area contributed by atoms with E-state index in [9.17, 15) is 4.79 Å². The van der Waals surface area contributed by atoms with Gasteiger partial charge in [-0.2, -0.15) is 0 Å². The number of benzene rings is 3. The van der Waals surface area contributed by atoms with Crippen molar-refractivity contribution < 1.29 is 23.1 Å². The molecule has 1 atom stereocenters. The Labute approximate surface area is 203 Å². The minimum absolute atomic E-state index is 0.0813. The summed E-state index contributed by atoms with van der Waals surface area (Å²) in [6, 6.07) is 16.9. The van der Waals surface area contributed by atoms with E-state index in [0.717, 1.165) is 22.4 Å². The van der Waals surface area contributed by atoms with Gasteiger partial charge in [0, 0.05) is 30.3 Å². The summed E-state index contributed by atoms with van der Waals surface area (Å²) in [7, 11) is 1.93. The maximum Gasteiger partial charge on any atom is 0.310 e. The molecule has 0 spiro atoms. The van der Waals surface area contributed by atoms with Gasteiger partial charge in [-0.1, -0.05) is 30.3 Å². The van der Waals surface area contributed by atoms with Crippen molar-refractivity contribution in [3.05, 3.63) is 83.4 Å². The average molecular weight is 475 g/mol. The van der Waals surface area contributed by atoms with Gasteiger partial charge in [-0.3, -0.25) is 4.79 Å². The van der Waals surface area contributed by atoms with Gasteiger partial charge in [0.2, 0.25) is 0 Å². The smallest absolute Gasteiger partial charge is 0.310 e. The number of furan rings is 1. The number of hydrogen-bond donors (Lipinski definition) is 1. The third kappa shape index (κ3) is 4.23. The monoisotopic (exact) mass is 474 g/mol. The van der Waals surface area contributed by atoms with E-state index in [1.54, 1.807) is 19.1 Å². The first-order valence-corrected chi connectivity index (χ1v) is 11.6. The number of carbonyl (C=O) groups excluding carboxylic acids is 1. The number of carbonyl (C=O) groups is 1. The molecule has 0 bridgehead atoms. The van der Waals surface area contributed by atoms with E-state index in [2.05, 4.69) is 0 Å². The minimum atomic E-state index is -0.591. The number of nitrogens with zero attached hydrogens (tertiary/aromatic N) is 1. The van der Waals surface area contributed by atoms with Crippen LogP contribution in [-0.4, -0.2) is 26.2 Å². The van der Waals surface area contributed by atoms with Crippen LogP contribution < -0.4 is 15.4 Å². The summed E-state index contributed by atoms with van der Waals surface area (Å²) in [5, 5.41) is 0.396. The predicted molar refractivity (Wildman–Crippen MR) is 133 cm³/mol. The van der Waals surface area contributed by atoms with E-state index in [0.29, 0.717) is 47.5 Å². The SMILES string of the molecule is CCOC(=O)Cc1cccc2c1OC(c1cc(-c3cccc(CN)c3)c3occc3c1F)CN2C. The molecular formula is C28H27FN2O4. The van der Waals surface area contributed by atoms with Crippen LogP contribution >= 0.6 is 0 Å². The number of hydrogen-bond acceptors (Lipinski definition) is 6. The molecule has 5 rings (SSSR count). The van der Waals surface area contributed by atoms with Crippen LogP contribution in [0.5, 0.6) is 5.75 Å². The van der Waals surface area contributed by atoms with Crippen LogP contribution in [0.2, 0.25) is 0 Å². The second-order valence-corrected chi connectivity index (χ2v) is 8.63. The van der Waals surface area contributed by atoms with Crippen LogP contribution in [0.3, 0.4) is 0 Å². The highest BCUT2D eigenvalue weighted by atomic mass is 19.1. The third-order valence-corrected chi connectivity index (χ3v) is 6.35. The number of likely N-dealkylation sites (N-methyl/N-ethyl adjacent to an activating group) is 1. The van der Waals surface area contributed by atoms with Gasteiger partial charge in [0.15, 0.2) is 0 Å². The van der Waals surface area contributed by atoms with Crippen molar-refractivity contribution in [3.8, 4) is 16.9 Å². The van der Waals surface area contributed by atoms with Crippen LogP contribution in [0, 0.1) is 5.82 Å². The summed E-state index contributed by atoms with van der Waals surface area (Å²) in [5.41, 5.74) is 10.9. The Morgan fingerprint density at radius 1 is 1.20 bits per heavy atom. The number of esters is 1. The lowest BCUT2D eigenvalue weighted by atomic mass is 9.95. The fourth-order valence-corrected chi connectivity index (χ4v) is 4.65. The zero-order valence-corrected chi connectivity index (χ0v) is 19.7. The highest BCUT2D eigenvalue weighted by molar-refractivity contribution is 5.94. The Bertz CT molecular complexity index is 1400. The maximum absolute atomic E-state index is 15.8. The van der Waals surface area contributed by atoms with Crippen LogP contribution in [0.4, 0.5) is 10.1 Å². The van der Waals surface area contributed by atoms with E-state index in [4.69, 9.17) is 19.6 Å². The zero-order valence-electron chi connectivity index (χ0n) is 19.7. The molecule has 0 amide bonds. The Morgan fingerprint density at radius 3 is 2.83 bits per heavy atom. The van der Waals surface area contributed by atoms with E-state index in [1.807, 2.05) is 54.4 Å². The van der Waals surface area contributed by atoms with Crippen LogP contribution in [0.15, 0.2) is 65.3 Å². The van der Waals surface area contributed by atoms with Gasteiger partial charge in [-0.25, -0.2) is 4.39 Å². The largest absolute Gasteiger partial charge is 0.481 e. The summed E-state index contributed by atoms with van der Waals surface area (Å²) < 4.78 is 33.0. The topological polar surface area (TPSA) is 77.9 Å². The van der Waals surface area contributed by atoms with Gasteiger partial charge < -0.3 is 24.5 Å². The summed E-state index contributed by atoms with van der Waals surface area (Å²) in [6.07, 6.45) is 0.985. The molecule has 2 heterocycles. The number of anilines is 1. The van der Waals surface area contributed by atoms with Crippen molar-refractivity contribution in [2.45, 2.75) is 26.0 Å². The molecule has 1 aliphatic rings. The van der Waals surface area contributed by atoms with Crippen molar-refractivity contribution in [3.63, 3.8) is 0 Å². The first-order chi connectivity index (χ1) is 17.0. The summed E-state index contributed by atoms with van der Waals surface area (Å²) >= 11 is 0. The van der Waals surface area contributed by atoms with Gasteiger partial charge in [0.1, 0.15) is 23.3 Å². The maximum atomic E-state index is 15.8.